The number of benzene rings is 1. The molecule has 0 atom stereocenters. The van der Waals surface area contributed by atoms with Gasteiger partial charge in [0.05, 0.1) is 30.0 Å². The summed E-state index contributed by atoms with van der Waals surface area (Å²) in [5.41, 5.74) is 0.789. The Kier molecular flexibility index (Phi) is 3.64. The van der Waals surface area contributed by atoms with Gasteiger partial charge in [-0.3, -0.25) is 9.59 Å². The van der Waals surface area contributed by atoms with E-state index in [2.05, 4.69) is 15.0 Å². The molecule has 0 unspecified atom stereocenters. The van der Waals surface area contributed by atoms with Gasteiger partial charge in [0.25, 0.3) is 11.5 Å². The monoisotopic (exact) mass is 340 g/mol. The minimum atomic E-state index is -0.391. The molecule has 0 aliphatic carbocycles. The summed E-state index contributed by atoms with van der Waals surface area (Å²) >= 11 is 0. The van der Waals surface area contributed by atoms with Crippen LogP contribution in [-0.2, 0) is 6.54 Å². The quantitative estimate of drug-likeness (QED) is 0.725. The maximum absolute atomic E-state index is 13.5. The first-order chi connectivity index (χ1) is 12.1. The summed E-state index contributed by atoms with van der Waals surface area (Å²) < 4.78 is 19.0. The SMILES string of the molecule is O=C(c1cc2c(=O)[nH]cnc2cn1)N1CCOc2ccc(F)cc2C1. The predicted octanol–water partition coefficient (Wildman–Crippen LogP) is 1.49. The number of hydrogen-bond acceptors (Lipinski definition) is 5. The number of carbonyl (C=O) groups excluding carboxylic acids is 1. The lowest BCUT2D eigenvalue weighted by molar-refractivity contribution is 0.0727. The first-order valence-electron chi connectivity index (χ1n) is 7.66. The summed E-state index contributed by atoms with van der Waals surface area (Å²) in [4.78, 5) is 36.8. The maximum atomic E-state index is 13.5. The number of fused-ring (bicyclic) bond motifs is 2. The zero-order valence-corrected chi connectivity index (χ0v) is 13.0. The van der Waals surface area contributed by atoms with Crippen LogP contribution >= 0.6 is 0 Å². The van der Waals surface area contributed by atoms with Crippen molar-refractivity contribution >= 4 is 16.8 Å². The van der Waals surface area contributed by atoms with Crippen molar-refractivity contribution in [2.24, 2.45) is 0 Å². The van der Waals surface area contributed by atoms with Gasteiger partial charge in [0, 0.05) is 12.1 Å². The van der Waals surface area contributed by atoms with Crippen molar-refractivity contribution < 1.29 is 13.9 Å². The van der Waals surface area contributed by atoms with Crippen LogP contribution in [0.3, 0.4) is 0 Å². The highest BCUT2D eigenvalue weighted by Crippen LogP contribution is 2.24. The number of rotatable bonds is 1. The van der Waals surface area contributed by atoms with Crippen molar-refractivity contribution in [3.8, 4) is 5.75 Å². The van der Waals surface area contributed by atoms with Gasteiger partial charge in [0.2, 0.25) is 0 Å². The number of nitrogens with one attached hydrogen (secondary N) is 1. The summed E-state index contributed by atoms with van der Waals surface area (Å²) in [7, 11) is 0. The van der Waals surface area contributed by atoms with Crippen molar-refractivity contribution in [3.63, 3.8) is 0 Å². The summed E-state index contributed by atoms with van der Waals surface area (Å²) in [6.07, 6.45) is 2.67. The molecule has 25 heavy (non-hydrogen) atoms. The zero-order chi connectivity index (χ0) is 17.4. The van der Waals surface area contributed by atoms with Crippen LogP contribution in [0.1, 0.15) is 16.1 Å². The number of H-pyrrole nitrogens is 1. The largest absolute Gasteiger partial charge is 0.491 e. The molecule has 4 rings (SSSR count). The molecule has 3 aromatic rings. The van der Waals surface area contributed by atoms with Crippen molar-refractivity contribution in [1.82, 2.24) is 19.9 Å². The predicted molar refractivity (Wildman–Crippen MR) is 86.8 cm³/mol. The third-order valence-corrected chi connectivity index (χ3v) is 4.04. The van der Waals surface area contributed by atoms with Crippen molar-refractivity contribution in [3.05, 3.63) is 64.2 Å². The third kappa shape index (κ3) is 2.82. The molecule has 1 N–H and O–H groups in total. The number of pyridine rings is 1. The molecule has 1 aliphatic rings. The van der Waals surface area contributed by atoms with E-state index in [4.69, 9.17) is 4.74 Å². The summed E-state index contributed by atoms with van der Waals surface area (Å²) in [5.74, 6) is -0.187. The molecular formula is C17H13FN4O3. The topological polar surface area (TPSA) is 88.2 Å². The van der Waals surface area contributed by atoms with Crippen LogP contribution in [0.25, 0.3) is 10.9 Å². The molecule has 0 saturated heterocycles. The van der Waals surface area contributed by atoms with Crippen LogP contribution < -0.4 is 10.3 Å². The molecule has 8 heteroatoms. The standard InChI is InChI=1S/C17H13FN4O3/c18-11-1-2-15-10(5-11)8-22(3-4-25-15)17(24)13-6-12-14(7-19-13)20-9-21-16(12)23/h1-2,5-7,9H,3-4,8H2,(H,20,21,23). The van der Waals surface area contributed by atoms with Gasteiger partial charge in [0.1, 0.15) is 23.9 Å². The number of nitrogens with zero attached hydrogens (tertiary/aromatic N) is 3. The highest BCUT2D eigenvalue weighted by atomic mass is 19.1. The molecule has 0 radical (unpaired) electrons. The Bertz CT molecular complexity index is 1030. The molecule has 0 spiro atoms. The Labute approximate surface area is 141 Å². The second-order valence-corrected chi connectivity index (χ2v) is 5.65. The lowest BCUT2D eigenvalue weighted by Gasteiger charge is -2.19. The minimum Gasteiger partial charge on any atom is -0.491 e. The van der Waals surface area contributed by atoms with E-state index in [0.717, 1.165) is 0 Å². The minimum absolute atomic E-state index is 0.130. The second kappa shape index (κ2) is 5.97. The Morgan fingerprint density at radius 1 is 1.28 bits per heavy atom. The molecule has 1 amide bonds. The Morgan fingerprint density at radius 3 is 3.04 bits per heavy atom. The number of halogens is 1. The van der Waals surface area contributed by atoms with E-state index in [1.165, 1.54) is 35.6 Å². The van der Waals surface area contributed by atoms with E-state index >= 15 is 0 Å². The molecule has 0 bridgehead atoms. The summed E-state index contributed by atoms with van der Waals surface area (Å²) in [5, 5.41) is 0.290. The van der Waals surface area contributed by atoms with Crippen molar-refractivity contribution in [1.29, 1.82) is 0 Å². The Hall–Kier alpha value is -3.29. The fourth-order valence-corrected chi connectivity index (χ4v) is 2.79. The van der Waals surface area contributed by atoms with Crippen LogP contribution in [0.15, 0.2) is 41.6 Å². The summed E-state index contributed by atoms with van der Waals surface area (Å²) in [6.45, 7) is 0.827. The molecule has 1 aliphatic heterocycles. The molecule has 0 saturated carbocycles. The average molecular weight is 340 g/mol. The van der Waals surface area contributed by atoms with Crippen molar-refractivity contribution in [2.45, 2.75) is 6.54 Å². The fourth-order valence-electron chi connectivity index (χ4n) is 2.79. The van der Waals surface area contributed by atoms with Gasteiger partial charge in [-0.15, -0.1) is 0 Å². The smallest absolute Gasteiger partial charge is 0.272 e. The van der Waals surface area contributed by atoms with Gasteiger partial charge in [-0.1, -0.05) is 0 Å². The maximum Gasteiger partial charge on any atom is 0.272 e. The average Bonchev–Trinajstić information content (AvgIpc) is 2.83. The Balaban J connectivity index is 1.68. The molecule has 0 fully saturated rings. The van der Waals surface area contributed by atoms with Crippen LogP contribution in [0, 0.1) is 5.82 Å². The number of hydrogen-bond donors (Lipinski definition) is 1. The van der Waals surface area contributed by atoms with E-state index in [1.807, 2.05) is 0 Å². The van der Waals surface area contributed by atoms with Crippen LogP contribution in [0.2, 0.25) is 0 Å². The first-order valence-corrected chi connectivity index (χ1v) is 7.66. The van der Waals surface area contributed by atoms with Crippen LogP contribution in [0.5, 0.6) is 5.75 Å². The number of carbonyl (C=O) groups is 1. The van der Waals surface area contributed by atoms with Gasteiger partial charge in [-0.2, -0.15) is 0 Å². The number of aromatic amines is 1. The molecule has 2 aromatic heterocycles. The van der Waals surface area contributed by atoms with Gasteiger partial charge in [-0.25, -0.2) is 14.4 Å². The van der Waals surface area contributed by atoms with E-state index in [0.29, 0.717) is 35.4 Å². The third-order valence-electron chi connectivity index (χ3n) is 4.04. The highest BCUT2D eigenvalue weighted by molar-refractivity contribution is 5.95. The van der Waals surface area contributed by atoms with Gasteiger partial charge in [0.15, 0.2) is 0 Å². The van der Waals surface area contributed by atoms with E-state index in [-0.39, 0.29) is 23.7 Å². The number of ether oxygens (including phenoxy) is 1. The fraction of sp³-hybridized carbons (Fsp3) is 0.176. The van der Waals surface area contributed by atoms with E-state index in [1.54, 1.807) is 6.07 Å². The van der Waals surface area contributed by atoms with Crippen molar-refractivity contribution in [2.75, 3.05) is 13.2 Å². The molecule has 3 heterocycles. The Morgan fingerprint density at radius 2 is 2.16 bits per heavy atom. The van der Waals surface area contributed by atoms with E-state index < -0.39 is 5.82 Å². The van der Waals surface area contributed by atoms with Gasteiger partial charge >= 0.3 is 0 Å². The highest BCUT2D eigenvalue weighted by Gasteiger charge is 2.23. The number of amides is 1. The molecular weight excluding hydrogens is 327 g/mol. The van der Waals surface area contributed by atoms with Gasteiger partial charge < -0.3 is 14.6 Å². The van der Waals surface area contributed by atoms with Gasteiger partial charge in [-0.05, 0) is 24.3 Å². The van der Waals surface area contributed by atoms with Crippen LogP contribution in [-0.4, -0.2) is 38.9 Å². The summed E-state index contributed by atoms with van der Waals surface area (Å²) in [6, 6.07) is 5.64. The molecule has 126 valence electrons. The lowest BCUT2D eigenvalue weighted by Crippen LogP contribution is -2.33. The zero-order valence-electron chi connectivity index (χ0n) is 13.0. The normalized spacial score (nSPS) is 13.9. The van der Waals surface area contributed by atoms with Crippen LogP contribution in [0.4, 0.5) is 4.39 Å². The number of aromatic nitrogens is 3. The molecule has 7 nitrogen and oxygen atoms in total. The molecule has 1 aromatic carbocycles. The first kappa shape index (κ1) is 15.3. The lowest BCUT2D eigenvalue weighted by atomic mass is 10.1. The van der Waals surface area contributed by atoms with E-state index in [9.17, 15) is 14.0 Å². The second-order valence-electron chi connectivity index (χ2n) is 5.65.